The Balaban J connectivity index is 1.35. The van der Waals surface area contributed by atoms with Crippen LogP contribution in [0, 0.1) is 0 Å². The van der Waals surface area contributed by atoms with Gasteiger partial charge in [0.05, 0.1) is 17.9 Å². The molecule has 4 aromatic heterocycles. The minimum absolute atomic E-state index is 0.232. The Hall–Kier alpha value is -3.85. The molecule has 9 nitrogen and oxygen atoms in total. The number of nitrogens with one attached hydrogen (secondary N) is 1. The Morgan fingerprint density at radius 1 is 1.03 bits per heavy atom. The highest BCUT2D eigenvalue weighted by molar-refractivity contribution is 6.04. The molecule has 0 aromatic carbocycles. The van der Waals surface area contributed by atoms with Crippen molar-refractivity contribution in [2.45, 2.75) is 0 Å². The largest absolute Gasteiger partial charge is 0.443 e. The van der Waals surface area contributed by atoms with Gasteiger partial charge in [0.1, 0.15) is 11.6 Å². The summed E-state index contributed by atoms with van der Waals surface area (Å²) in [4.78, 5) is 34.4. The second-order valence-electron chi connectivity index (χ2n) is 7.50. The highest BCUT2D eigenvalue weighted by atomic mass is 16.3. The molecule has 4 aromatic rings. The molecule has 0 unspecified atom stereocenters. The lowest BCUT2D eigenvalue weighted by molar-refractivity contribution is 0.102. The molecule has 9 heteroatoms. The van der Waals surface area contributed by atoms with Gasteiger partial charge in [0.2, 0.25) is 0 Å². The molecule has 5 heterocycles. The predicted octanol–water partition coefficient (Wildman–Crippen LogP) is 2.68. The molecule has 5 rings (SSSR count). The third kappa shape index (κ3) is 4.08. The van der Waals surface area contributed by atoms with Crippen molar-refractivity contribution in [1.29, 1.82) is 0 Å². The van der Waals surface area contributed by atoms with Crippen LogP contribution in [-0.4, -0.2) is 64.0 Å². The smallest absolute Gasteiger partial charge is 0.257 e. The topological polar surface area (TPSA) is 100 Å². The molecular weight excluding hydrogens is 394 g/mol. The number of carbonyl (C=O) groups excluding carboxylic acids is 1. The number of hydrogen-bond donors (Lipinski definition) is 1. The van der Waals surface area contributed by atoms with Gasteiger partial charge in [-0.05, 0) is 31.3 Å². The number of anilines is 2. The number of hydrogen-bond acceptors (Lipinski definition) is 8. The van der Waals surface area contributed by atoms with Crippen LogP contribution in [0.4, 0.5) is 11.6 Å². The van der Waals surface area contributed by atoms with Gasteiger partial charge < -0.3 is 19.5 Å². The zero-order chi connectivity index (χ0) is 21.2. The standard InChI is InChI=1S/C22H21N7O2/c1-28-4-6-29(7-5-28)21-10-15(2-3-24-21)22(30)27-20-9-16-8-17(19-13-23-14-31-19)11-25-18(16)12-26-20/h2-3,8-14H,4-7H2,1H3,(H,26,27,30). The highest BCUT2D eigenvalue weighted by Crippen LogP contribution is 2.23. The van der Waals surface area contributed by atoms with E-state index in [4.69, 9.17) is 4.42 Å². The van der Waals surface area contributed by atoms with E-state index < -0.39 is 0 Å². The van der Waals surface area contributed by atoms with Gasteiger partial charge in [0, 0.05) is 55.1 Å². The van der Waals surface area contributed by atoms with E-state index in [0.29, 0.717) is 17.1 Å². The van der Waals surface area contributed by atoms with E-state index in [1.807, 2.05) is 12.1 Å². The van der Waals surface area contributed by atoms with E-state index in [-0.39, 0.29) is 5.91 Å². The molecule has 1 aliphatic rings. The van der Waals surface area contributed by atoms with Gasteiger partial charge in [-0.3, -0.25) is 9.78 Å². The Kier molecular flexibility index (Phi) is 5.01. The lowest BCUT2D eigenvalue weighted by Gasteiger charge is -2.33. The minimum Gasteiger partial charge on any atom is -0.443 e. The second-order valence-corrected chi connectivity index (χ2v) is 7.50. The summed E-state index contributed by atoms with van der Waals surface area (Å²) in [6, 6.07) is 7.26. The van der Waals surface area contributed by atoms with E-state index in [1.165, 1.54) is 6.39 Å². The Labute approximate surface area is 178 Å². The van der Waals surface area contributed by atoms with E-state index in [0.717, 1.165) is 48.5 Å². The summed E-state index contributed by atoms with van der Waals surface area (Å²) in [5.74, 6) is 1.66. The van der Waals surface area contributed by atoms with Crippen LogP contribution in [0.3, 0.4) is 0 Å². The van der Waals surface area contributed by atoms with Crippen molar-refractivity contribution in [2.24, 2.45) is 0 Å². The van der Waals surface area contributed by atoms with Crippen molar-refractivity contribution in [1.82, 2.24) is 24.8 Å². The van der Waals surface area contributed by atoms with Gasteiger partial charge in [-0.25, -0.2) is 15.0 Å². The highest BCUT2D eigenvalue weighted by Gasteiger charge is 2.17. The molecule has 1 fully saturated rings. The maximum Gasteiger partial charge on any atom is 0.257 e. The summed E-state index contributed by atoms with van der Waals surface area (Å²) in [6.07, 6.45) is 8.03. The maximum absolute atomic E-state index is 12.8. The number of aromatic nitrogens is 4. The van der Waals surface area contributed by atoms with Crippen molar-refractivity contribution in [3.63, 3.8) is 0 Å². The molecule has 0 bridgehead atoms. The number of likely N-dealkylation sites (N-methyl/N-ethyl adjacent to an activating group) is 1. The van der Waals surface area contributed by atoms with Gasteiger partial charge in [-0.2, -0.15) is 0 Å². The van der Waals surface area contributed by atoms with Crippen molar-refractivity contribution < 1.29 is 9.21 Å². The lowest BCUT2D eigenvalue weighted by Crippen LogP contribution is -2.44. The molecule has 1 amide bonds. The predicted molar refractivity (Wildman–Crippen MR) is 117 cm³/mol. The first kappa shape index (κ1) is 19.1. The molecular formula is C22H21N7O2. The monoisotopic (exact) mass is 415 g/mol. The first-order valence-electron chi connectivity index (χ1n) is 10.0. The quantitative estimate of drug-likeness (QED) is 0.543. The fraction of sp³-hybridized carbons (Fsp3) is 0.227. The average Bonchev–Trinajstić information content (AvgIpc) is 3.34. The van der Waals surface area contributed by atoms with E-state index in [1.54, 1.807) is 36.9 Å². The first-order valence-corrected chi connectivity index (χ1v) is 10.0. The summed E-state index contributed by atoms with van der Waals surface area (Å²) >= 11 is 0. The van der Waals surface area contributed by atoms with Crippen molar-refractivity contribution in [3.8, 4) is 11.3 Å². The molecule has 0 radical (unpaired) electrons. The number of amides is 1. The summed E-state index contributed by atoms with van der Waals surface area (Å²) in [7, 11) is 2.11. The molecule has 0 saturated carbocycles. The van der Waals surface area contributed by atoms with Crippen LogP contribution >= 0.6 is 0 Å². The zero-order valence-corrected chi connectivity index (χ0v) is 17.0. The molecule has 0 aliphatic carbocycles. The summed E-state index contributed by atoms with van der Waals surface area (Å²) in [5, 5.41) is 3.71. The Bertz CT molecular complexity index is 1220. The van der Waals surface area contributed by atoms with Crippen LogP contribution in [0.5, 0.6) is 0 Å². The molecule has 1 saturated heterocycles. The van der Waals surface area contributed by atoms with Gasteiger partial charge in [-0.15, -0.1) is 0 Å². The summed E-state index contributed by atoms with van der Waals surface area (Å²) in [6.45, 7) is 3.73. The molecule has 156 valence electrons. The van der Waals surface area contributed by atoms with Crippen LogP contribution in [0.1, 0.15) is 10.4 Å². The lowest BCUT2D eigenvalue weighted by atomic mass is 10.1. The molecule has 0 spiro atoms. The number of rotatable bonds is 4. The number of oxazole rings is 1. The van der Waals surface area contributed by atoms with Gasteiger partial charge >= 0.3 is 0 Å². The third-order valence-corrected chi connectivity index (χ3v) is 5.36. The van der Waals surface area contributed by atoms with Gasteiger partial charge in [0.25, 0.3) is 5.91 Å². The SMILES string of the molecule is CN1CCN(c2cc(C(=O)Nc3cc4cc(-c5cnco5)cnc4cn3)ccn2)CC1. The van der Waals surface area contributed by atoms with Crippen LogP contribution in [0.2, 0.25) is 0 Å². The normalized spacial score (nSPS) is 14.7. The van der Waals surface area contributed by atoms with Crippen LogP contribution in [-0.2, 0) is 0 Å². The van der Waals surface area contributed by atoms with Crippen LogP contribution < -0.4 is 10.2 Å². The zero-order valence-electron chi connectivity index (χ0n) is 17.0. The van der Waals surface area contributed by atoms with Crippen LogP contribution in [0.25, 0.3) is 22.2 Å². The van der Waals surface area contributed by atoms with E-state index in [9.17, 15) is 4.79 Å². The van der Waals surface area contributed by atoms with Crippen molar-refractivity contribution in [3.05, 3.63) is 61.0 Å². The molecule has 31 heavy (non-hydrogen) atoms. The summed E-state index contributed by atoms with van der Waals surface area (Å²) < 4.78 is 5.34. The average molecular weight is 415 g/mol. The number of piperazine rings is 1. The first-order chi connectivity index (χ1) is 15.2. The van der Waals surface area contributed by atoms with Crippen molar-refractivity contribution in [2.75, 3.05) is 43.4 Å². The fourth-order valence-electron chi connectivity index (χ4n) is 3.55. The van der Waals surface area contributed by atoms with Gasteiger partial charge in [0.15, 0.2) is 12.2 Å². The number of fused-ring (bicyclic) bond motifs is 1. The fourth-order valence-corrected chi connectivity index (χ4v) is 3.55. The van der Waals surface area contributed by atoms with Crippen molar-refractivity contribution >= 4 is 28.4 Å². The van der Waals surface area contributed by atoms with Crippen LogP contribution in [0.15, 0.2) is 59.9 Å². The number of pyridine rings is 3. The molecule has 0 atom stereocenters. The number of carbonyl (C=O) groups is 1. The molecule has 1 N–H and O–H groups in total. The minimum atomic E-state index is -0.232. The maximum atomic E-state index is 12.8. The third-order valence-electron chi connectivity index (χ3n) is 5.36. The van der Waals surface area contributed by atoms with E-state index in [2.05, 4.69) is 42.1 Å². The van der Waals surface area contributed by atoms with E-state index >= 15 is 0 Å². The van der Waals surface area contributed by atoms with Gasteiger partial charge in [-0.1, -0.05) is 0 Å². The second kappa shape index (κ2) is 8.11. The Morgan fingerprint density at radius 3 is 2.71 bits per heavy atom. The number of nitrogens with zero attached hydrogens (tertiary/aromatic N) is 6. The molecule has 1 aliphatic heterocycles. The Morgan fingerprint density at radius 2 is 1.90 bits per heavy atom. The summed E-state index contributed by atoms with van der Waals surface area (Å²) in [5.41, 5.74) is 2.07.